The molecule has 0 radical (unpaired) electrons. The Labute approximate surface area is 168 Å². The molecule has 0 bridgehead atoms. The fourth-order valence-corrected chi connectivity index (χ4v) is 4.45. The van der Waals surface area contributed by atoms with Crippen molar-refractivity contribution in [2.24, 2.45) is 11.8 Å². The van der Waals surface area contributed by atoms with Gasteiger partial charge >= 0.3 is 0 Å². The van der Waals surface area contributed by atoms with E-state index in [2.05, 4.69) is 48.5 Å². The van der Waals surface area contributed by atoms with Crippen molar-refractivity contribution < 1.29 is 4.79 Å². The predicted octanol–water partition coefficient (Wildman–Crippen LogP) is 4.03. The van der Waals surface area contributed by atoms with Gasteiger partial charge < -0.3 is 14.7 Å². The van der Waals surface area contributed by atoms with E-state index in [-0.39, 0.29) is 0 Å². The molecule has 0 aliphatic carbocycles. The number of hydrogen-bond donors (Lipinski definition) is 0. The second kappa shape index (κ2) is 11.9. The molecule has 0 spiro atoms. The molecule has 2 heterocycles. The maximum Gasteiger partial charge on any atom is 0.222 e. The number of rotatable bonds is 9. The topological polar surface area (TPSA) is 26.8 Å². The maximum absolute atomic E-state index is 12.5. The first-order valence-electron chi connectivity index (χ1n) is 11.3. The minimum atomic E-state index is 0.390. The summed E-state index contributed by atoms with van der Waals surface area (Å²) in [4.78, 5) is 19.7. The molecule has 2 aliphatic rings. The Morgan fingerprint density at radius 2 is 1.70 bits per heavy atom. The van der Waals surface area contributed by atoms with Crippen LogP contribution < -0.4 is 0 Å². The van der Waals surface area contributed by atoms with E-state index in [1.54, 1.807) is 0 Å². The lowest BCUT2D eigenvalue weighted by Crippen LogP contribution is -2.48. The minimum Gasteiger partial charge on any atom is -0.340 e. The fraction of sp³-hybridized carbons (Fsp3) is 0.870. The first-order chi connectivity index (χ1) is 13.0. The number of carbonyl (C=O) groups excluding carboxylic acids is 1. The van der Waals surface area contributed by atoms with E-state index >= 15 is 0 Å². The molecule has 156 valence electrons. The lowest BCUT2D eigenvalue weighted by Gasteiger charge is -2.35. The normalized spacial score (nSPS) is 21.3. The standard InChI is InChI=1S/C23H43N3O/c1-5-24-15-17-26(18-16-24)23(27)10-9-22-11-13-25(14-12-22)19-21(4)8-6-7-20(2)3/h7,21-22H,5-6,8-19H2,1-4H3/t21-/m0/s1. The van der Waals surface area contributed by atoms with Gasteiger partial charge in [0, 0.05) is 39.1 Å². The van der Waals surface area contributed by atoms with Gasteiger partial charge in [-0.05, 0) is 77.4 Å². The molecule has 0 aromatic carbocycles. The van der Waals surface area contributed by atoms with Crippen LogP contribution in [0.2, 0.25) is 0 Å². The third-order valence-electron chi connectivity index (χ3n) is 6.43. The second-order valence-electron chi connectivity index (χ2n) is 9.06. The summed E-state index contributed by atoms with van der Waals surface area (Å²) in [6.45, 7) is 17.7. The summed E-state index contributed by atoms with van der Waals surface area (Å²) in [5.74, 6) is 1.92. The van der Waals surface area contributed by atoms with Crippen molar-refractivity contribution in [3.8, 4) is 0 Å². The van der Waals surface area contributed by atoms with Gasteiger partial charge in [0.2, 0.25) is 5.91 Å². The van der Waals surface area contributed by atoms with Crippen molar-refractivity contribution in [2.45, 2.75) is 66.2 Å². The van der Waals surface area contributed by atoms with Crippen LogP contribution in [0.1, 0.15) is 66.2 Å². The number of likely N-dealkylation sites (N-methyl/N-ethyl adjacent to an activating group) is 1. The van der Waals surface area contributed by atoms with E-state index in [9.17, 15) is 4.79 Å². The number of allylic oxidation sites excluding steroid dienone is 2. The van der Waals surface area contributed by atoms with Gasteiger partial charge in [-0.25, -0.2) is 0 Å². The van der Waals surface area contributed by atoms with E-state index in [0.29, 0.717) is 5.91 Å². The SMILES string of the molecule is CCN1CCN(C(=O)CCC2CCN(C[C@@H](C)CCC=C(C)C)CC2)CC1. The summed E-state index contributed by atoms with van der Waals surface area (Å²) in [7, 11) is 0. The monoisotopic (exact) mass is 377 g/mol. The highest BCUT2D eigenvalue weighted by molar-refractivity contribution is 5.76. The van der Waals surface area contributed by atoms with E-state index in [1.165, 1.54) is 50.9 Å². The maximum atomic E-state index is 12.5. The van der Waals surface area contributed by atoms with Crippen molar-refractivity contribution in [2.75, 3.05) is 52.4 Å². The van der Waals surface area contributed by atoms with Crippen molar-refractivity contribution in [1.29, 1.82) is 0 Å². The highest BCUT2D eigenvalue weighted by atomic mass is 16.2. The van der Waals surface area contributed by atoms with Gasteiger partial charge in [0.15, 0.2) is 0 Å². The van der Waals surface area contributed by atoms with Crippen molar-refractivity contribution in [3.63, 3.8) is 0 Å². The summed E-state index contributed by atoms with van der Waals surface area (Å²) in [5, 5.41) is 0. The Kier molecular flexibility index (Phi) is 9.84. The molecule has 4 nitrogen and oxygen atoms in total. The van der Waals surface area contributed by atoms with Gasteiger partial charge in [0.1, 0.15) is 0 Å². The average Bonchev–Trinajstić information content (AvgIpc) is 2.67. The number of nitrogens with zero attached hydrogens (tertiary/aromatic N) is 3. The number of amides is 1. The molecule has 0 N–H and O–H groups in total. The van der Waals surface area contributed by atoms with Gasteiger partial charge in [0.25, 0.3) is 0 Å². The number of carbonyl (C=O) groups is 1. The minimum absolute atomic E-state index is 0.390. The fourth-order valence-electron chi connectivity index (χ4n) is 4.45. The second-order valence-corrected chi connectivity index (χ2v) is 9.06. The molecule has 27 heavy (non-hydrogen) atoms. The lowest BCUT2D eigenvalue weighted by molar-refractivity contribution is -0.133. The van der Waals surface area contributed by atoms with Gasteiger partial charge in [-0.15, -0.1) is 0 Å². The van der Waals surface area contributed by atoms with E-state index in [1.807, 2.05) is 0 Å². The highest BCUT2D eigenvalue weighted by Crippen LogP contribution is 2.23. The van der Waals surface area contributed by atoms with Crippen molar-refractivity contribution >= 4 is 5.91 Å². The Morgan fingerprint density at radius 3 is 2.30 bits per heavy atom. The zero-order chi connectivity index (χ0) is 19.6. The van der Waals surface area contributed by atoms with Gasteiger partial charge in [-0.3, -0.25) is 4.79 Å². The van der Waals surface area contributed by atoms with Crippen LogP contribution in [0.15, 0.2) is 11.6 Å². The Balaban J connectivity index is 1.58. The van der Waals surface area contributed by atoms with Gasteiger partial charge in [-0.2, -0.15) is 0 Å². The van der Waals surface area contributed by atoms with Gasteiger partial charge in [-0.1, -0.05) is 25.5 Å². The quantitative estimate of drug-likeness (QED) is 0.568. The van der Waals surface area contributed by atoms with Crippen LogP contribution in [0.5, 0.6) is 0 Å². The predicted molar refractivity (Wildman–Crippen MR) is 115 cm³/mol. The number of likely N-dealkylation sites (tertiary alicyclic amines) is 1. The molecule has 1 amide bonds. The summed E-state index contributed by atoms with van der Waals surface area (Å²) in [6.07, 6.45) is 9.28. The summed E-state index contributed by atoms with van der Waals surface area (Å²) < 4.78 is 0. The van der Waals surface area contributed by atoms with Crippen LogP contribution >= 0.6 is 0 Å². The molecule has 2 saturated heterocycles. The van der Waals surface area contributed by atoms with E-state index in [4.69, 9.17) is 0 Å². The molecular formula is C23H43N3O. The molecule has 0 saturated carbocycles. The molecule has 4 heteroatoms. The molecule has 2 aliphatic heterocycles. The molecular weight excluding hydrogens is 334 g/mol. The zero-order valence-corrected chi connectivity index (χ0v) is 18.4. The molecule has 2 rings (SSSR count). The Hall–Kier alpha value is -0.870. The molecule has 0 unspecified atom stereocenters. The van der Waals surface area contributed by atoms with Crippen molar-refractivity contribution in [3.05, 3.63) is 11.6 Å². The number of piperazine rings is 1. The first kappa shape index (κ1) is 22.4. The zero-order valence-electron chi connectivity index (χ0n) is 18.4. The number of piperidine rings is 1. The van der Waals surface area contributed by atoms with E-state index in [0.717, 1.165) is 57.4 Å². The Bertz CT molecular complexity index is 456. The van der Waals surface area contributed by atoms with Crippen LogP contribution in [-0.4, -0.2) is 73.0 Å². The van der Waals surface area contributed by atoms with Crippen LogP contribution in [0, 0.1) is 11.8 Å². The summed E-state index contributed by atoms with van der Waals surface area (Å²) in [6, 6.07) is 0. The van der Waals surface area contributed by atoms with Crippen LogP contribution in [0.25, 0.3) is 0 Å². The Morgan fingerprint density at radius 1 is 1.04 bits per heavy atom. The highest BCUT2D eigenvalue weighted by Gasteiger charge is 2.23. The van der Waals surface area contributed by atoms with Gasteiger partial charge in [0.05, 0.1) is 0 Å². The largest absolute Gasteiger partial charge is 0.340 e. The average molecular weight is 378 g/mol. The van der Waals surface area contributed by atoms with Crippen LogP contribution in [-0.2, 0) is 4.79 Å². The summed E-state index contributed by atoms with van der Waals surface area (Å²) >= 11 is 0. The molecule has 2 fully saturated rings. The van der Waals surface area contributed by atoms with Crippen LogP contribution in [0.4, 0.5) is 0 Å². The first-order valence-corrected chi connectivity index (χ1v) is 11.3. The molecule has 0 aromatic heterocycles. The van der Waals surface area contributed by atoms with Crippen LogP contribution in [0.3, 0.4) is 0 Å². The van der Waals surface area contributed by atoms with Crippen molar-refractivity contribution in [1.82, 2.24) is 14.7 Å². The lowest BCUT2D eigenvalue weighted by atomic mass is 9.91. The summed E-state index contributed by atoms with van der Waals surface area (Å²) in [5.41, 5.74) is 1.44. The third kappa shape index (κ3) is 8.35. The molecule has 0 aromatic rings. The third-order valence-corrected chi connectivity index (χ3v) is 6.43. The van der Waals surface area contributed by atoms with E-state index < -0.39 is 0 Å². The smallest absolute Gasteiger partial charge is 0.222 e. The molecule has 1 atom stereocenters. The number of hydrogen-bond acceptors (Lipinski definition) is 3.